The van der Waals surface area contributed by atoms with Gasteiger partial charge in [0.15, 0.2) is 0 Å². The van der Waals surface area contributed by atoms with Crippen LogP contribution in [0, 0.1) is 0 Å². The molecule has 5 nitrogen and oxygen atoms in total. The van der Waals surface area contributed by atoms with Crippen LogP contribution in [-0.2, 0) is 10.0 Å². The lowest BCUT2D eigenvalue weighted by atomic mass is 10.3. The van der Waals surface area contributed by atoms with E-state index in [9.17, 15) is 8.42 Å². The number of hydrogen-bond donors (Lipinski definition) is 1. The van der Waals surface area contributed by atoms with E-state index in [4.69, 9.17) is 0 Å². The van der Waals surface area contributed by atoms with Gasteiger partial charge in [0.05, 0.1) is 11.1 Å². The number of rotatable bonds is 4. The maximum atomic E-state index is 11.9. The van der Waals surface area contributed by atoms with E-state index in [0.717, 1.165) is 10.0 Å². The van der Waals surface area contributed by atoms with Gasteiger partial charge in [0.25, 0.3) is 10.0 Å². The van der Waals surface area contributed by atoms with Crippen LogP contribution < -0.4 is 4.83 Å². The van der Waals surface area contributed by atoms with E-state index in [2.05, 4.69) is 30.8 Å². The fourth-order valence-electron chi connectivity index (χ4n) is 1.29. The third-order valence-corrected chi connectivity index (χ3v) is 3.98. The topological polar surface area (TPSA) is 71.4 Å². The quantitative estimate of drug-likeness (QED) is 0.685. The number of benzene rings is 1. The van der Waals surface area contributed by atoms with Gasteiger partial charge in [-0.05, 0) is 42.0 Å². The zero-order chi connectivity index (χ0) is 13.7. The summed E-state index contributed by atoms with van der Waals surface area (Å²) in [7, 11) is -3.63. The van der Waals surface area contributed by atoms with Crippen LogP contribution in [0.4, 0.5) is 0 Å². The van der Waals surface area contributed by atoms with E-state index in [1.807, 2.05) is 0 Å². The van der Waals surface area contributed by atoms with Crippen LogP contribution >= 0.6 is 15.9 Å². The van der Waals surface area contributed by atoms with Crippen molar-refractivity contribution >= 4 is 32.2 Å². The lowest BCUT2D eigenvalue weighted by Crippen LogP contribution is -2.18. The zero-order valence-electron chi connectivity index (χ0n) is 9.69. The molecular formula is C12H10BrN3O2S. The summed E-state index contributed by atoms with van der Waals surface area (Å²) in [6, 6.07) is 9.74. The average molecular weight is 340 g/mol. The predicted octanol–water partition coefficient (Wildman–Crippen LogP) is 2.16. The second-order valence-corrected chi connectivity index (χ2v) is 6.16. The zero-order valence-corrected chi connectivity index (χ0v) is 12.1. The smallest absolute Gasteiger partial charge is 0.265 e. The van der Waals surface area contributed by atoms with Crippen molar-refractivity contribution in [3.05, 3.63) is 58.8 Å². The molecule has 0 unspecified atom stereocenters. The van der Waals surface area contributed by atoms with Crippen molar-refractivity contribution in [2.24, 2.45) is 5.10 Å². The third-order valence-electron chi connectivity index (χ3n) is 2.22. The Morgan fingerprint density at radius 1 is 1.11 bits per heavy atom. The molecule has 0 aliphatic rings. The first kappa shape index (κ1) is 13.7. The molecule has 1 aromatic heterocycles. The first-order valence-electron chi connectivity index (χ1n) is 5.28. The molecule has 98 valence electrons. The minimum atomic E-state index is -3.63. The Bertz CT molecular complexity index is 670. The summed E-state index contributed by atoms with van der Waals surface area (Å²) >= 11 is 3.24. The molecule has 0 bridgehead atoms. The molecule has 0 radical (unpaired) electrons. The van der Waals surface area contributed by atoms with E-state index < -0.39 is 10.0 Å². The average Bonchev–Trinajstić information content (AvgIpc) is 2.40. The molecule has 0 aliphatic heterocycles. The summed E-state index contributed by atoms with van der Waals surface area (Å²) in [5, 5.41) is 3.71. The van der Waals surface area contributed by atoms with Gasteiger partial charge < -0.3 is 0 Å². The Kier molecular flexibility index (Phi) is 4.28. The molecule has 7 heteroatoms. The van der Waals surface area contributed by atoms with Crippen LogP contribution in [0.25, 0.3) is 0 Å². The third kappa shape index (κ3) is 3.87. The van der Waals surface area contributed by atoms with Crippen molar-refractivity contribution < 1.29 is 8.42 Å². The van der Waals surface area contributed by atoms with Crippen molar-refractivity contribution in [1.82, 2.24) is 9.82 Å². The summed E-state index contributed by atoms with van der Waals surface area (Å²) in [6.45, 7) is 0. The summed E-state index contributed by atoms with van der Waals surface area (Å²) in [5.41, 5.74) is 0.758. The van der Waals surface area contributed by atoms with Gasteiger partial charge in [-0.15, -0.1) is 0 Å². The van der Waals surface area contributed by atoms with Gasteiger partial charge in [0, 0.05) is 16.9 Å². The van der Waals surface area contributed by atoms with Gasteiger partial charge in [0.1, 0.15) is 0 Å². The molecule has 0 fully saturated rings. The highest BCUT2D eigenvalue weighted by molar-refractivity contribution is 9.10. The van der Waals surface area contributed by atoms with Crippen molar-refractivity contribution in [1.29, 1.82) is 0 Å². The molecule has 0 atom stereocenters. The number of halogens is 1. The molecule has 0 saturated carbocycles. The monoisotopic (exact) mass is 339 g/mol. The van der Waals surface area contributed by atoms with Gasteiger partial charge in [-0.1, -0.05) is 15.9 Å². The van der Waals surface area contributed by atoms with Crippen LogP contribution in [0.5, 0.6) is 0 Å². The molecule has 1 aromatic carbocycles. The molecule has 0 spiro atoms. The predicted molar refractivity (Wildman–Crippen MR) is 76.3 cm³/mol. The van der Waals surface area contributed by atoms with Gasteiger partial charge in [-0.2, -0.15) is 13.5 Å². The van der Waals surface area contributed by atoms with Crippen LogP contribution in [-0.4, -0.2) is 19.6 Å². The normalized spacial score (nSPS) is 11.6. The summed E-state index contributed by atoms with van der Waals surface area (Å²) in [6.07, 6.45) is 4.62. The Balaban J connectivity index is 2.10. The van der Waals surface area contributed by atoms with Crippen molar-refractivity contribution in [3.8, 4) is 0 Å². The number of pyridine rings is 1. The minimum Gasteiger partial charge on any atom is -0.265 e. The first-order chi connectivity index (χ1) is 9.08. The van der Waals surface area contributed by atoms with Crippen molar-refractivity contribution in [2.75, 3.05) is 0 Å². The Hall–Kier alpha value is -1.73. The minimum absolute atomic E-state index is 0.155. The number of nitrogens with one attached hydrogen (secondary N) is 1. The molecule has 2 aromatic rings. The molecule has 2 rings (SSSR count). The second-order valence-electron chi connectivity index (χ2n) is 3.59. The first-order valence-corrected chi connectivity index (χ1v) is 7.56. The molecule has 0 amide bonds. The van der Waals surface area contributed by atoms with Crippen molar-refractivity contribution in [2.45, 2.75) is 4.90 Å². The summed E-state index contributed by atoms with van der Waals surface area (Å²) in [4.78, 5) is 6.16. The Morgan fingerprint density at radius 2 is 1.74 bits per heavy atom. The number of aromatic nitrogens is 1. The van der Waals surface area contributed by atoms with Crippen molar-refractivity contribution in [3.63, 3.8) is 0 Å². The number of sulfonamides is 1. The fourth-order valence-corrected chi connectivity index (χ4v) is 2.34. The van der Waals surface area contributed by atoms with Gasteiger partial charge >= 0.3 is 0 Å². The molecule has 19 heavy (non-hydrogen) atoms. The largest absolute Gasteiger partial charge is 0.276 e. The summed E-state index contributed by atoms with van der Waals surface area (Å²) < 4.78 is 24.6. The van der Waals surface area contributed by atoms with E-state index in [1.165, 1.54) is 18.3 Å². The van der Waals surface area contributed by atoms with E-state index in [1.54, 1.807) is 36.7 Å². The second kappa shape index (κ2) is 5.94. The standard InChI is InChI=1S/C12H10BrN3O2S/c13-11-1-3-12(4-2-11)19(17,18)16-15-9-10-5-7-14-8-6-10/h1-9,16H/b15-9+. The maximum Gasteiger partial charge on any atom is 0.276 e. The molecule has 1 heterocycles. The van der Waals surface area contributed by atoms with Crippen LogP contribution in [0.3, 0.4) is 0 Å². The number of hydrazone groups is 1. The van der Waals surface area contributed by atoms with Crippen LogP contribution in [0.1, 0.15) is 5.56 Å². The van der Waals surface area contributed by atoms with Crippen LogP contribution in [0.2, 0.25) is 0 Å². The molecule has 0 saturated heterocycles. The highest BCUT2D eigenvalue weighted by Crippen LogP contribution is 2.14. The van der Waals surface area contributed by atoms with Gasteiger partial charge in [-0.25, -0.2) is 4.83 Å². The van der Waals surface area contributed by atoms with Crippen LogP contribution in [0.15, 0.2) is 63.3 Å². The van der Waals surface area contributed by atoms with E-state index in [-0.39, 0.29) is 4.90 Å². The fraction of sp³-hybridized carbons (Fsp3) is 0. The molecule has 1 N–H and O–H groups in total. The maximum absolute atomic E-state index is 11.9. The highest BCUT2D eigenvalue weighted by atomic mass is 79.9. The Labute approximate surface area is 119 Å². The number of hydrogen-bond acceptors (Lipinski definition) is 4. The van der Waals surface area contributed by atoms with E-state index >= 15 is 0 Å². The summed E-state index contributed by atoms with van der Waals surface area (Å²) in [5.74, 6) is 0. The lowest BCUT2D eigenvalue weighted by molar-refractivity contribution is 0.584. The van der Waals surface area contributed by atoms with E-state index in [0.29, 0.717) is 0 Å². The molecule has 0 aliphatic carbocycles. The SMILES string of the molecule is O=S(=O)(N/N=C/c1ccncc1)c1ccc(Br)cc1. The number of nitrogens with zero attached hydrogens (tertiary/aromatic N) is 2. The highest BCUT2D eigenvalue weighted by Gasteiger charge is 2.11. The van der Waals surface area contributed by atoms with Gasteiger partial charge in [0.2, 0.25) is 0 Å². The molecular weight excluding hydrogens is 330 g/mol. The van der Waals surface area contributed by atoms with Gasteiger partial charge in [-0.3, -0.25) is 4.98 Å². The lowest BCUT2D eigenvalue weighted by Gasteiger charge is -2.02. The Morgan fingerprint density at radius 3 is 2.37 bits per heavy atom.